The zero-order valence-corrected chi connectivity index (χ0v) is 12.2. The molecule has 0 saturated carbocycles. The number of aromatic nitrogens is 2. The largest absolute Gasteiger partial charge is 0.271 e. The lowest BCUT2D eigenvalue weighted by Gasteiger charge is -2.16. The van der Waals surface area contributed by atoms with Crippen molar-refractivity contribution in [2.75, 3.05) is 0 Å². The number of nitrogens with one attached hydrogen (secondary N) is 1. The molecule has 3 aromatic rings. The van der Waals surface area contributed by atoms with Crippen molar-refractivity contribution in [2.24, 2.45) is 5.84 Å². The van der Waals surface area contributed by atoms with Gasteiger partial charge in [-0.25, -0.2) is 9.94 Å². The van der Waals surface area contributed by atoms with E-state index in [-0.39, 0.29) is 6.04 Å². The van der Waals surface area contributed by atoms with Crippen molar-refractivity contribution in [1.29, 1.82) is 0 Å². The van der Waals surface area contributed by atoms with E-state index in [9.17, 15) is 0 Å². The van der Waals surface area contributed by atoms with Crippen molar-refractivity contribution < 1.29 is 0 Å². The van der Waals surface area contributed by atoms with Crippen LogP contribution in [-0.4, -0.2) is 9.61 Å². The molecule has 1 aromatic carbocycles. The average Bonchev–Trinajstić information content (AvgIpc) is 2.94. The van der Waals surface area contributed by atoms with E-state index in [0.29, 0.717) is 0 Å². The number of fused-ring (bicyclic) bond motifs is 1. The summed E-state index contributed by atoms with van der Waals surface area (Å²) in [5.74, 6) is 5.80. The summed E-state index contributed by atoms with van der Waals surface area (Å²) in [6.45, 7) is 2.19. The summed E-state index contributed by atoms with van der Waals surface area (Å²) in [6.07, 6.45) is 6.08. The lowest BCUT2D eigenvalue weighted by molar-refractivity contribution is 0.640. The Hall–Kier alpha value is -2.17. The highest BCUT2D eigenvalue weighted by molar-refractivity contribution is 5.57. The predicted octanol–water partition coefficient (Wildman–Crippen LogP) is 2.84. The zero-order chi connectivity index (χ0) is 14.7. The molecule has 0 aliphatic rings. The minimum absolute atomic E-state index is 0.0550. The van der Waals surface area contributed by atoms with Gasteiger partial charge in [0.1, 0.15) is 0 Å². The van der Waals surface area contributed by atoms with Crippen molar-refractivity contribution >= 4 is 5.52 Å². The Balaban J connectivity index is 1.97. The van der Waals surface area contributed by atoms with Crippen LogP contribution < -0.4 is 11.3 Å². The zero-order valence-electron chi connectivity index (χ0n) is 12.2. The van der Waals surface area contributed by atoms with E-state index >= 15 is 0 Å². The molecule has 0 aliphatic heterocycles. The quantitative estimate of drug-likeness (QED) is 0.558. The Morgan fingerprint density at radius 1 is 1.19 bits per heavy atom. The van der Waals surface area contributed by atoms with Gasteiger partial charge in [0.25, 0.3) is 0 Å². The Kier molecular flexibility index (Phi) is 3.99. The van der Waals surface area contributed by atoms with Crippen LogP contribution in [0.5, 0.6) is 0 Å². The first kappa shape index (κ1) is 13.8. The highest BCUT2D eigenvalue weighted by atomic mass is 15.3. The Morgan fingerprint density at radius 2 is 2.00 bits per heavy atom. The van der Waals surface area contributed by atoms with E-state index in [4.69, 9.17) is 5.84 Å². The third-order valence-electron chi connectivity index (χ3n) is 3.79. The number of aryl methyl sites for hydroxylation is 1. The number of pyridine rings is 1. The second-order valence-electron chi connectivity index (χ2n) is 5.22. The molecule has 3 rings (SSSR count). The number of hydrazine groups is 1. The molecule has 0 fully saturated rings. The van der Waals surface area contributed by atoms with Crippen molar-refractivity contribution in [1.82, 2.24) is 15.0 Å². The van der Waals surface area contributed by atoms with Crippen molar-refractivity contribution in [3.05, 3.63) is 71.5 Å². The SMILES string of the molecule is CCCc1ccc(C(NN)c2cnn3ccccc23)cc1. The van der Waals surface area contributed by atoms with Gasteiger partial charge in [-0.1, -0.05) is 43.7 Å². The molecule has 2 aromatic heterocycles. The third-order valence-corrected chi connectivity index (χ3v) is 3.79. The number of rotatable bonds is 5. The highest BCUT2D eigenvalue weighted by Crippen LogP contribution is 2.25. The van der Waals surface area contributed by atoms with Crippen molar-refractivity contribution in [2.45, 2.75) is 25.8 Å². The average molecular weight is 280 g/mol. The van der Waals surface area contributed by atoms with Crippen molar-refractivity contribution in [3.63, 3.8) is 0 Å². The van der Waals surface area contributed by atoms with Crippen LogP contribution in [-0.2, 0) is 6.42 Å². The van der Waals surface area contributed by atoms with Crippen LogP contribution in [0.1, 0.15) is 36.1 Å². The van der Waals surface area contributed by atoms with Crippen LogP contribution in [0.3, 0.4) is 0 Å². The van der Waals surface area contributed by atoms with E-state index in [0.717, 1.165) is 29.5 Å². The van der Waals surface area contributed by atoms with Crippen molar-refractivity contribution in [3.8, 4) is 0 Å². The molecule has 0 spiro atoms. The minimum atomic E-state index is -0.0550. The molecule has 0 aliphatic carbocycles. The van der Waals surface area contributed by atoms with Gasteiger partial charge in [-0.2, -0.15) is 5.10 Å². The molecule has 0 saturated heterocycles. The van der Waals surface area contributed by atoms with Gasteiger partial charge in [-0.15, -0.1) is 0 Å². The number of benzene rings is 1. The molecule has 0 radical (unpaired) electrons. The van der Waals surface area contributed by atoms with Gasteiger partial charge in [-0.3, -0.25) is 5.84 Å². The monoisotopic (exact) mass is 280 g/mol. The van der Waals surface area contributed by atoms with Gasteiger partial charge >= 0.3 is 0 Å². The topological polar surface area (TPSA) is 55.3 Å². The summed E-state index contributed by atoms with van der Waals surface area (Å²) in [6, 6.07) is 14.6. The summed E-state index contributed by atoms with van der Waals surface area (Å²) < 4.78 is 1.87. The Morgan fingerprint density at radius 3 is 2.71 bits per heavy atom. The Labute approximate surface area is 124 Å². The summed E-state index contributed by atoms with van der Waals surface area (Å²) in [5.41, 5.74) is 7.57. The lowest BCUT2D eigenvalue weighted by Crippen LogP contribution is -2.28. The fraction of sp³-hybridized carbons (Fsp3) is 0.235. The summed E-state index contributed by atoms with van der Waals surface area (Å²) in [5, 5.41) is 4.38. The maximum Gasteiger partial charge on any atom is 0.0747 e. The molecule has 108 valence electrons. The van der Waals surface area contributed by atoms with Gasteiger partial charge in [0.05, 0.1) is 17.8 Å². The van der Waals surface area contributed by atoms with Crippen LogP contribution >= 0.6 is 0 Å². The molecule has 1 unspecified atom stereocenters. The predicted molar refractivity (Wildman–Crippen MR) is 84.8 cm³/mol. The molecule has 2 heterocycles. The molecule has 21 heavy (non-hydrogen) atoms. The van der Waals surface area contributed by atoms with E-state index in [1.165, 1.54) is 5.56 Å². The van der Waals surface area contributed by atoms with Crippen LogP contribution in [0, 0.1) is 0 Å². The standard InChI is InChI=1S/C17H20N4/c1-2-5-13-7-9-14(10-8-13)17(20-18)15-12-19-21-11-4-3-6-16(15)21/h3-4,6-12,17,20H,2,5,18H2,1H3. The van der Waals surface area contributed by atoms with E-state index in [2.05, 4.69) is 47.8 Å². The number of hydrogen-bond acceptors (Lipinski definition) is 3. The molecule has 0 bridgehead atoms. The lowest BCUT2D eigenvalue weighted by atomic mass is 9.98. The molecule has 4 heteroatoms. The van der Waals surface area contributed by atoms with Gasteiger partial charge < -0.3 is 0 Å². The smallest absolute Gasteiger partial charge is 0.0747 e. The molecule has 1 atom stereocenters. The van der Waals surface area contributed by atoms with Gasteiger partial charge in [0, 0.05) is 11.8 Å². The first-order valence-corrected chi connectivity index (χ1v) is 7.30. The van der Waals surface area contributed by atoms with Crippen LogP contribution in [0.2, 0.25) is 0 Å². The Bertz CT molecular complexity index is 715. The normalized spacial score (nSPS) is 12.7. The fourth-order valence-electron chi connectivity index (χ4n) is 2.71. The molecule has 0 amide bonds. The van der Waals surface area contributed by atoms with Gasteiger partial charge in [0.2, 0.25) is 0 Å². The second kappa shape index (κ2) is 6.08. The minimum Gasteiger partial charge on any atom is -0.271 e. The van der Waals surface area contributed by atoms with Gasteiger partial charge in [-0.05, 0) is 29.7 Å². The van der Waals surface area contributed by atoms with Gasteiger partial charge in [0.15, 0.2) is 0 Å². The van der Waals surface area contributed by atoms with E-state index in [1.54, 1.807) is 0 Å². The number of hydrogen-bond donors (Lipinski definition) is 2. The first-order chi connectivity index (χ1) is 10.3. The first-order valence-electron chi connectivity index (χ1n) is 7.30. The molecule has 4 nitrogen and oxygen atoms in total. The summed E-state index contributed by atoms with van der Waals surface area (Å²) >= 11 is 0. The molecule has 3 N–H and O–H groups in total. The van der Waals surface area contributed by atoms with Crippen LogP contribution in [0.25, 0.3) is 5.52 Å². The maximum atomic E-state index is 5.80. The van der Waals surface area contributed by atoms with E-state index in [1.807, 2.05) is 29.0 Å². The van der Waals surface area contributed by atoms with Crippen LogP contribution in [0.4, 0.5) is 0 Å². The summed E-state index contributed by atoms with van der Waals surface area (Å²) in [7, 11) is 0. The number of nitrogens with two attached hydrogens (primary N) is 1. The number of nitrogens with zero attached hydrogens (tertiary/aromatic N) is 2. The van der Waals surface area contributed by atoms with Crippen LogP contribution in [0.15, 0.2) is 54.9 Å². The summed E-state index contributed by atoms with van der Waals surface area (Å²) in [4.78, 5) is 0. The second-order valence-corrected chi connectivity index (χ2v) is 5.22. The maximum absolute atomic E-state index is 5.80. The molecular weight excluding hydrogens is 260 g/mol. The van der Waals surface area contributed by atoms with E-state index < -0.39 is 0 Å². The highest BCUT2D eigenvalue weighted by Gasteiger charge is 2.16. The fourth-order valence-corrected chi connectivity index (χ4v) is 2.71. The third kappa shape index (κ3) is 2.68. The molecular formula is C17H20N4.